The van der Waals surface area contributed by atoms with E-state index in [-0.39, 0.29) is 17.2 Å². The van der Waals surface area contributed by atoms with Crippen molar-refractivity contribution in [2.24, 2.45) is 0 Å². The minimum atomic E-state index is -3.03. The smallest absolute Gasteiger partial charge is 0.166 e. The van der Waals surface area contributed by atoms with Crippen molar-refractivity contribution >= 4 is 21.6 Å². The third kappa shape index (κ3) is 4.09. The van der Waals surface area contributed by atoms with E-state index in [1.54, 1.807) is 25.8 Å². The van der Waals surface area contributed by atoms with Gasteiger partial charge in [-0.25, -0.2) is 8.42 Å². The molecule has 1 saturated heterocycles. The molecule has 0 radical (unpaired) electrons. The Bertz CT molecular complexity index is 329. The maximum absolute atomic E-state index is 12.2. The lowest BCUT2D eigenvalue weighted by Crippen LogP contribution is -2.56. The van der Waals surface area contributed by atoms with E-state index in [9.17, 15) is 8.42 Å². The average molecular weight is 296 g/mol. The molecule has 0 aromatic heterocycles. The Morgan fingerprint density at radius 1 is 1.56 bits per heavy atom. The van der Waals surface area contributed by atoms with Crippen molar-refractivity contribution in [1.82, 2.24) is 10.2 Å². The maximum Gasteiger partial charge on any atom is 0.166 e. The van der Waals surface area contributed by atoms with Gasteiger partial charge < -0.3 is 10.1 Å². The van der Waals surface area contributed by atoms with E-state index in [0.717, 1.165) is 18.8 Å². The van der Waals surface area contributed by atoms with Crippen LogP contribution in [-0.4, -0.2) is 75.8 Å². The predicted molar refractivity (Wildman–Crippen MR) is 76.9 cm³/mol. The van der Waals surface area contributed by atoms with E-state index in [0.29, 0.717) is 12.4 Å². The Balaban J connectivity index is 2.85. The van der Waals surface area contributed by atoms with Crippen molar-refractivity contribution < 1.29 is 13.2 Å². The van der Waals surface area contributed by atoms with Gasteiger partial charge in [0, 0.05) is 43.5 Å². The van der Waals surface area contributed by atoms with Crippen LogP contribution in [-0.2, 0) is 14.6 Å². The van der Waals surface area contributed by atoms with Crippen LogP contribution < -0.4 is 5.32 Å². The van der Waals surface area contributed by atoms with E-state index in [4.69, 9.17) is 4.74 Å². The fourth-order valence-electron chi connectivity index (χ4n) is 2.21. The fraction of sp³-hybridized carbons (Fsp3) is 1.00. The van der Waals surface area contributed by atoms with Gasteiger partial charge in [0.2, 0.25) is 0 Å². The molecular weight excluding hydrogens is 272 g/mol. The van der Waals surface area contributed by atoms with Crippen LogP contribution in [0.5, 0.6) is 0 Å². The lowest BCUT2D eigenvalue weighted by molar-refractivity contribution is 0.0876. The third-order valence-electron chi connectivity index (χ3n) is 3.21. The Morgan fingerprint density at radius 2 is 2.28 bits per heavy atom. The third-order valence-corrected chi connectivity index (χ3v) is 6.51. The Kier molecular flexibility index (Phi) is 6.94. The van der Waals surface area contributed by atoms with Gasteiger partial charge in [-0.3, -0.25) is 4.90 Å². The normalized spacial score (nSPS) is 24.1. The monoisotopic (exact) mass is 296 g/mol. The molecule has 1 N–H and O–H groups in total. The number of hydrogen-bond acceptors (Lipinski definition) is 6. The van der Waals surface area contributed by atoms with Gasteiger partial charge in [-0.05, 0) is 7.05 Å². The standard InChI is InChI=1S/C11H24N2O3S2/c1-4-18(14,15)11-9-17-6-5-13(11)10(7-12-2)8-16-3/h10-12H,4-9H2,1-3H3. The largest absolute Gasteiger partial charge is 0.383 e. The number of hydrogen-bond donors (Lipinski definition) is 1. The van der Waals surface area contributed by atoms with Crippen LogP contribution in [0.4, 0.5) is 0 Å². The lowest BCUT2D eigenvalue weighted by atomic mass is 10.2. The van der Waals surface area contributed by atoms with Crippen molar-refractivity contribution in [3.63, 3.8) is 0 Å². The summed E-state index contributed by atoms with van der Waals surface area (Å²) in [5, 5.41) is 2.75. The highest BCUT2D eigenvalue weighted by Gasteiger charge is 2.36. The first-order valence-electron chi connectivity index (χ1n) is 6.25. The number of rotatable bonds is 7. The highest BCUT2D eigenvalue weighted by Crippen LogP contribution is 2.23. The molecule has 1 aliphatic rings. The summed E-state index contributed by atoms with van der Waals surface area (Å²) in [4.78, 5) is 2.09. The number of thioether (sulfide) groups is 1. The fourth-order valence-corrected chi connectivity index (χ4v) is 5.31. The molecule has 1 rings (SSSR count). The average Bonchev–Trinajstić information content (AvgIpc) is 2.38. The van der Waals surface area contributed by atoms with Crippen LogP contribution in [0.2, 0.25) is 0 Å². The van der Waals surface area contributed by atoms with Gasteiger partial charge >= 0.3 is 0 Å². The SMILES string of the molecule is CCS(=O)(=O)C1CSCCN1C(CNC)COC. The first-order chi connectivity index (χ1) is 8.56. The van der Waals surface area contributed by atoms with Gasteiger partial charge in [0.05, 0.1) is 6.61 Å². The number of likely N-dealkylation sites (N-methyl/N-ethyl adjacent to an activating group) is 1. The van der Waals surface area contributed by atoms with Crippen LogP contribution in [0, 0.1) is 0 Å². The van der Waals surface area contributed by atoms with Crippen LogP contribution in [0.1, 0.15) is 6.92 Å². The molecule has 0 bridgehead atoms. The van der Waals surface area contributed by atoms with E-state index in [2.05, 4.69) is 10.2 Å². The molecule has 5 nitrogen and oxygen atoms in total. The topological polar surface area (TPSA) is 58.6 Å². The molecule has 1 heterocycles. The molecule has 1 fully saturated rings. The van der Waals surface area contributed by atoms with E-state index in [1.165, 1.54) is 0 Å². The molecule has 0 saturated carbocycles. The number of nitrogens with one attached hydrogen (secondary N) is 1. The summed E-state index contributed by atoms with van der Waals surface area (Å²) in [7, 11) is 0.507. The van der Waals surface area contributed by atoms with E-state index >= 15 is 0 Å². The van der Waals surface area contributed by atoms with Gasteiger partial charge in [-0.1, -0.05) is 6.92 Å². The van der Waals surface area contributed by atoms with E-state index in [1.807, 2.05) is 7.05 Å². The van der Waals surface area contributed by atoms with Crippen molar-refractivity contribution in [3.05, 3.63) is 0 Å². The van der Waals surface area contributed by atoms with Gasteiger partial charge in [-0.2, -0.15) is 11.8 Å². The molecule has 0 aromatic rings. The quantitative estimate of drug-likeness (QED) is 0.715. The second-order valence-corrected chi connectivity index (χ2v) is 7.98. The minimum Gasteiger partial charge on any atom is -0.383 e. The maximum atomic E-state index is 12.2. The van der Waals surface area contributed by atoms with Gasteiger partial charge in [0.1, 0.15) is 5.37 Å². The molecule has 18 heavy (non-hydrogen) atoms. The number of sulfone groups is 1. The van der Waals surface area contributed by atoms with Crippen LogP contribution in [0.25, 0.3) is 0 Å². The van der Waals surface area contributed by atoms with Crippen molar-refractivity contribution in [2.45, 2.75) is 18.3 Å². The molecule has 1 aliphatic heterocycles. The Morgan fingerprint density at radius 3 is 2.83 bits per heavy atom. The van der Waals surface area contributed by atoms with Crippen molar-refractivity contribution in [2.75, 3.05) is 51.1 Å². The molecular formula is C11H24N2O3S2. The van der Waals surface area contributed by atoms with Crippen LogP contribution >= 0.6 is 11.8 Å². The molecule has 2 atom stereocenters. The summed E-state index contributed by atoms with van der Waals surface area (Å²) >= 11 is 1.72. The molecule has 0 spiro atoms. The summed E-state index contributed by atoms with van der Waals surface area (Å²) in [5.74, 6) is 1.85. The summed E-state index contributed by atoms with van der Waals surface area (Å²) in [5.41, 5.74) is 0. The molecule has 0 aromatic carbocycles. The highest BCUT2D eigenvalue weighted by molar-refractivity contribution is 8.01. The Hall–Kier alpha value is 0.180. The first-order valence-corrected chi connectivity index (χ1v) is 9.12. The van der Waals surface area contributed by atoms with Crippen LogP contribution in [0.3, 0.4) is 0 Å². The molecule has 2 unspecified atom stereocenters. The molecule has 0 amide bonds. The lowest BCUT2D eigenvalue weighted by Gasteiger charge is -2.40. The van der Waals surface area contributed by atoms with Crippen molar-refractivity contribution in [3.8, 4) is 0 Å². The zero-order chi connectivity index (χ0) is 13.6. The zero-order valence-electron chi connectivity index (χ0n) is 11.4. The molecule has 7 heteroatoms. The first kappa shape index (κ1) is 16.2. The van der Waals surface area contributed by atoms with Crippen LogP contribution in [0.15, 0.2) is 0 Å². The highest BCUT2D eigenvalue weighted by atomic mass is 32.2. The summed E-state index contributed by atoms with van der Waals surface area (Å²) in [6, 6.07) is 0.118. The zero-order valence-corrected chi connectivity index (χ0v) is 13.0. The minimum absolute atomic E-state index is 0.118. The summed E-state index contributed by atoms with van der Waals surface area (Å²) < 4.78 is 29.5. The second-order valence-electron chi connectivity index (χ2n) is 4.39. The van der Waals surface area contributed by atoms with E-state index < -0.39 is 9.84 Å². The second kappa shape index (κ2) is 7.69. The molecule has 108 valence electrons. The van der Waals surface area contributed by atoms with Gasteiger partial charge in [0.15, 0.2) is 9.84 Å². The predicted octanol–water partition coefficient (Wildman–Crippen LogP) is 0.0304. The summed E-state index contributed by atoms with van der Waals surface area (Å²) in [6.45, 7) is 3.83. The number of ether oxygens (including phenoxy) is 1. The van der Waals surface area contributed by atoms with Gasteiger partial charge in [0.25, 0.3) is 0 Å². The Labute approximate surface area is 115 Å². The number of nitrogens with zero attached hydrogens (tertiary/aromatic N) is 1. The molecule has 0 aliphatic carbocycles. The van der Waals surface area contributed by atoms with Gasteiger partial charge in [-0.15, -0.1) is 0 Å². The summed E-state index contributed by atoms with van der Waals surface area (Å²) in [6.07, 6.45) is 0. The number of methoxy groups -OCH3 is 1. The van der Waals surface area contributed by atoms with Crippen molar-refractivity contribution in [1.29, 1.82) is 0 Å².